The number of pyridine rings is 1. The molecular weight excluding hydrogens is 498 g/mol. The molecule has 8 heteroatoms. The number of aliphatic hydroxyl groups is 1. The van der Waals surface area contributed by atoms with Crippen LogP contribution < -0.4 is 0 Å². The summed E-state index contributed by atoms with van der Waals surface area (Å²) in [5.41, 5.74) is 7.66. The first kappa shape index (κ1) is 25.0. The second kappa shape index (κ2) is 10.1. The molecule has 1 fully saturated rings. The number of benzene rings is 2. The molecule has 1 aliphatic rings. The van der Waals surface area contributed by atoms with E-state index in [1.165, 1.54) is 5.56 Å². The van der Waals surface area contributed by atoms with Crippen LogP contribution in [0.4, 0.5) is 0 Å². The standard InChI is InChI=1S/C30H32ClN5O2/c1-18(37)15-20-9-10-23-25(16-20)36(29(21-7-5-4-6-8-21)22-11-13-38-14-12-22)30-26(31)24(17-32-27(23)30)28-19(2)33-34-35(28)3/h4-10,16-18,22,29,37H,11-15H2,1-3H3. The van der Waals surface area contributed by atoms with Crippen LogP contribution in [0.15, 0.2) is 54.7 Å². The van der Waals surface area contributed by atoms with Gasteiger partial charge in [0.15, 0.2) is 0 Å². The zero-order valence-electron chi connectivity index (χ0n) is 21.9. The Morgan fingerprint density at radius 2 is 1.89 bits per heavy atom. The Bertz CT molecular complexity index is 1580. The fourth-order valence-corrected chi connectivity index (χ4v) is 6.38. The van der Waals surface area contributed by atoms with Crippen molar-refractivity contribution >= 4 is 33.5 Å². The number of nitrogens with zero attached hydrogens (tertiary/aromatic N) is 5. The van der Waals surface area contributed by atoms with Gasteiger partial charge in [-0.3, -0.25) is 4.98 Å². The van der Waals surface area contributed by atoms with E-state index in [2.05, 4.69) is 63.4 Å². The first-order chi connectivity index (χ1) is 18.4. The van der Waals surface area contributed by atoms with Crippen LogP contribution in [0.25, 0.3) is 33.2 Å². The second-order valence-corrected chi connectivity index (χ2v) is 10.8. The third kappa shape index (κ3) is 4.28. The first-order valence-corrected chi connectivity index (χ1v) is 13.6. The molecular formula is C30H32ClN5O2. The van der Waals surface area contributed by atoms with Crippen molar-refractivity contribution in [3.05, 3.63) is 76.6 Å². The molecule has 6 rings (SSSR count). The van der Waals surface area contributed by atoms with Crippen LogP contribution in [-0.4, -0.2) is 49.0 Å². The molecule has 1 saturated heterocycles. The fraction of sp³-hybridized carbons (Fsp3) is 0.367. The number of hydrogen-bond acceptors (Lipinski definition) is 5. The Morgan fingerprint density at radius 1 is 1.13 bits per heavy atom. The Labute approximate surface area is 227 Å². The highest BCUT2D eigenvalue weighted by atomic mass is 35.5. The summed E-state index contributed by atoms with van der Waals surface area (Å²) in [6.07, 6.45) is 3.92. The van der Waals surface area contributed by atoms with E-state index in [9.17, 15) is 5.11 Å². The molecule has 0 radical (unpaired) electrons. The summed E-state index contributed by atoms with van der Waals surface area (Å²) in [6.45, 7) is 5.25. The summed E-state index contributed by atoms with van der Waals surface area (Å²) in [4.78, 5) is 4.99. The molecule has 1 N–H and O–H groups in total. The molecule has 2 aromatic carbocycles. The highest BCUT2D eigenvalue weighted by Gasteiger charge is 2.32. The zero-order valence-corrected chi connectivity index (χ0v) is 22.7. The van der Waals surface area contributed by atoms with E-state index in [0.717, 1.165) is 70.5 Å². The summed E-state index contributed by atoms with van der Waals surface area (Å²) in [5.74, 6) is 0.366. The molecule has 0 aliphatic carbocycles. The first-order valence-electron chi connectivity index (χ1n) is 13.2. The maximum Gasteiger partial charge on any atom is 0.0975 e. The van der Waals surface area contributed by atoms with Gasteiger partial charge in [-0.25, -0.2) is 4.68 Å². The Kier molecular flexibility index (Phi) is 6.68. The molecule has 0 amide bonds. The third-order valence-electron chi connectivity index (χ3n) is 7.72. The Hall–Kier alpha value is -3.26. The maximum atomic E-state index is 10.1. The van der Waals surface area contributed by atoms with E-state index >= 15 is 0 Å². The predicted molar refractivity (Wildman–Crippen MR) is 150 cm³/mol. The van der Waals surface area contributed by atoms with Crippen LogP contribution in [0.5, 0.6) is 0 Å². The smallest absolute Gasteiger partial charge is 0.0975 e. The van der Waals surface area contributed by atoms with E-state index in [4.69, 9.17) is 21.3 Å². The van der Waals surface area contributed by atoms with Crippen LogP contribution in [0.1, 0.15) is 42.6 Å². The third-order valence-corrected chi connectivity index (χ3v) is 8.10. The largest absolute Gasteiger partial charge is 0.393 e. The molecule has 2 unspecified atom stereocenters. The normalized spacial score (nSPS) is 16.3. The number of ether oxygens (including phenoxy) is 1. The van der Waals surface area contributed by atoms with Gasteiger partial charge in [0.25, 0.3) is 0 Å². The molecule has 0 saturated carbocycles. The number of aromatic nitrogens is 5. The number of hydrogen-bond donors (Lipinski definition) is 1. The predicted octanol–water partition coefficient (Wildman–Crippen LogP) is 5.89. The molecule has 5 aromatic rings. The van der Waals surface area contributed by atoms with Gasteiger partial charge in [-0.15, -0.1) is 5.10 Å². The quantitative estimate of drug-likeness (QED) is 0.297. The average molecular weight is 530 g/mol. The molecule has 0 bridgehead atoms. The van der Waals surface area contributed by atoms with Crippen molar-refractivity contribution in [1.82, 2.24) is 24.5 Å². The highest BCUT2D eigenvalue weighted by Crippen LogP contribution is 2.44. The summed E-state index contributed by atoms with van der Waals surface area (Å²) in [6, 6.07) is 17.1. The molecule has 0 spiro atoms. The van der Waals surface area contributed by atoms with Crippen LogP contribution in [0.3, 0.4) is 0 Å². The lowest BCUT2D eigenvalue weighted by Crippen LogP contribution is -2.27. The van der Waals surface area contributed by atoms with Crippen LogP contribution in [0, 0.1) is 12.8 Å². The number of rotatable bonds is 6. The number of halogens is 1. The van der Waals surface area contributed by atoms with Crippen molar-refractivity contribution in [3.63, 3.8) is 0 Å². The minimum atomic E-state index is -0.431. The average Bonchev–Trinajstić information content (AvgIpc) is 3.42. The minimum absolute atomic E-state index is 0.0437. The van der Waals surface area contributed by atoms with Crippen molar-refractivity contribution in [3.8, 4) is 11.3 Å². The molecule has 7 nitrogen and oxygen atoms in total. The molecule has 3 aromatic heterocycles. The highest BCUT2D eigenvalue weighted by molar-refractivity contribution is 6.38. The van der Waals surface area contributed by atoms with Crippen LogP contribution in [-0.2, 0) is 18.2 Å². The fourth-order valence-electron chi connectivity index (χ4n) is 6.06. The number of aryl methyl sites for hydroxylation is 2. The van der Waals surface area contributed by atoms with Crippen molar-refractivity contribution < 1.29 is 9.84 Å². The van der Waals surface area contributed by atoms with Gasteiger partial charge in [0, 0.05) is 37.4 Å². The van der Waals surface area contributed by atoms with E-state index in [1.807, 2.05) is 27.1 Å². The summed E-state index contributed by atoms with van der Waals surface area (Å²) >= 11 is 7.35. The van der Waals surface area contributed by atoms with Crippen LogP contribution >= 0.6 is 11.6 Å². The molecule has 196 valence electrons. The van der Waals surface area contributed by atoms with Gasteiger partial charge in [-0.2, -0.15) is 0 Å². The van der Waals surface area contributed by atoms with Gasteiger partial charge in [-0.05, 0) is 56.2 Å². The van der Waals surface area contributed by atoms with Crippen LogP contribution in [0.2, 0.25) is 5.02 Å². The van der Waals surface area contributed by atoms with Gasteiger partial charge in [-0.1, -0.05) is 59.3 Å². The molecule has 2 atom stereocenters. The van der Waals surface area contributed by atoms with Crippen molar-refractivity contribution in [2.45, 2.75) is 45.3 Å². The summed E-state index contributed by atoms with van der Waals surface area (Å²) in [5, 5.41) is 20.3. The van der Waals surface area contributed by atoms with Crippen molar-refractivity contribution in [2.24, 2.45) is 13.0 Å². The lowest BCUT2D eigenvalue weighted by molar-refractivity contribution is 0.0553. The van der Waals surface area contributed by atoms with Crippen molar-refractivity contribution in [1.29, 1.82) is 0 Å². The Balaban J connectivity index is 1.70. The Morgan fingerprint density at radius 3 is 2.58 bits per heavy atom. The van der Waals surface area contributed by atoms with Gasteiger partial charge in [0.05, 0.1) is 45.1 Å². The van der Waals surface area contributed by atoms with Gasteiger partial charge in [0.2, 0.25) is 0 Å². The number of aliphatic hydroxyl groups excluding tert-OH is 1. The van der Waals surface area contributed by atoms with E-state index in [1.54, 1.807) is 4.68 Å². The molecule has 1 aliphatic heterocycles. The number of fused-ring (bicyclic) bond motifs is 3. The van der Waals surface area contributed by atoms with Crippen molar-refractivity contribution in [2.75, 3.05) is 13.2 Å². The zero-order chi connectivity index (χ0) is 26.4. The van der Waals surface area contributed by atoms with Gasteiger partial charge in [0.1, 0.15) is 0 Å². The maximum absolute atomic E-state index is 10.1. The lowest BCUT2D eigenvalue weighted by Gasteiger charge is -2.33. The monoisotopic (exact) mass is 529 g/mol. The van der Waals surface area contributed by atoms with Gasteiger partial charge < -0.3 is 14.4 Å². The molecule has 38 heavy (non-hydrogen) atoms. The summed E-state index contributed by atoms with van der Waals surface area (Å²) < 4.78 is 9.92. The SMILES string of the molecule is Cc1nnn(C)c1-c1cnc2c3ccc(CC(C)O)cc3n(C(c3ccccc3)C3CCOCC3)c2c1Cl. The molecule has 4 heterocycles. The minimum Gasteiger partial charge on any atom is -0.393 e. The summed E-state index contributed by atoms with van der Waals surface area (Å²) in [7, 11) is 1.88. The van der Waals surface area contributed by atoms with E-state index in [0.29, 0.717) is 17.4 Å². The van der Waals surface area contributed by atoms with E-state index in [-0.39, 0.29) is 6.04 Å². The van der Waals surface area contributed by atoms with E-state index < -0.39 is 6.10 Å². The lowest BCUT2D eigenvalue weighted by atomic mass is 9.86. The second-order valence-electron chi connectivity index (χ2n) is 10.4. The van der Waals surface area contributed by atoms with Gasteiger partial charge >= 0.3 is 0 Å². The topological polar surface area (TPSA) is 78.0 Å².